The standard InChI is InChI=1S/C10H10F2N2O/c11-8-7(4-5-13-9(8)12)10(15)14-6-2-1-3-6/h4-6H,1-3H2,(H,14,15). The summed E-state index contributed by atoms with van der Waals surface area (Å²) in [7, 11) is 0. The average molecular weight is 212 g/mol. The van der Waals surface area contributed by atoms with Crippen molar-refractivity contribution in [1.29, 1.82) is 0 Å². The van der Waals surface area contributed by atoms with E-state index in [0.29, 0.717) is 0 Å². The number of nitrogens with one attached hydrogen (secondary N) is 1. The van der Waals surface area contributed by atoms with Crippen LogP contribution in [0.1, 0.15) is 29.6 Å². The molecule has 1 amide bonds. The normalized spacial score (nSPS) is 15.9. The minimum absolute atomic E-state index is 0.105. The Morgan fingerprint density at radius 3 is 2.80 bits per heavy atom. The van der Waals surface area contributed by atoms with Crippen molar-refractivity contribution >= 4 is 5.91 Å². The number of amides is 1. The largest absolute Gasteiger partial charge is 0.349 e. The molecule has 0 bridgehead atoms. The number of rotatable bonds is 2. The molecular formula is C10H10F2N2O. The lowest BCUT2D eigenvalue weighted by atomic mass is 9.93. The van der Waals surface area contributed by atoms with Crippen molar-refractivity contribution in [3.8, 4) is 0 Å². The maximum atomic E-state index is 13.1. The molecule has 1 aliphatic carbocycles. The Bertz CT molecular complexity index is 391. The van der Waals surface area contributed by atoms with Gasteiger partial charge in [-0.05, 0) is 25.3 Å². The van der Waals surface area contributed by atoms with Gasteiger partial charge < -0.3 is 5.32 Å². The van der Waals surface area contributed by atoms with Crippen molar-refractivity contribution in [3.63, 3.8) is 0 Å². The van der Waals surface area contributed by atoms with Crippen molar-refractivity contribution in [1.82, 2.24) is 10.3 Å². The Morgan fingerprint density at radius 2 is 2.20 bits per heavy atom. The van der Waals surface area contributed by atoms with Crippen LogP contribution in [0, 0.1) is 11.8 Å². The second kappa shape index (κ2) is 3.92. The molecule has 0 aromatic carbocycles. The van der Waals surface area contributed by atoms with Gasteiger partial charge in [-0.3, -0.25) is 4.79 Å². The van der Waals surface area contributed by atoms with Crippen LogP contribution in [0.2, 0.25) is 0 Å². The first-order chi connectivity index (χ1) is 7.18. The minimum Gasteiger partial charge on any atom is -0.349 e. The van der Waals surface area contributed by atoms with E-state index in [1.54, 1.807) is 0 Å². The van der Waals surface area contributed by atoms with E-state index in [2.05, 4.69) is 10.3 Å². The summed E-state index contributed by atoms with van der Waals surface area (Å²) in [4.78, 5) is 14.6. The van der Waals surface area contributed by atoms with Crippen LogP contribution in [0.5, 0.6) is 0 Å². The fraction of sp³-hybridized carbons (Fsp3) is 0.400. The van der Waals surface area contributed by atoms with Gasteiger partial charge in [0.15, 0.2) is 5.82 Å². The molecule has 1 aliphatic rings. The zero-order valence-electron chi connectivity index (χ0n) is 7.96. The van der Waals surface area contributed by atoms with Gasteiger partial charge in [0.05, 0.1) is 5.56 Å². The number of halogens is 2. The van der Waals surface area contributed by atoms with Crippen molar-refractivity contribution < 1.29 is 13.6 Å². The molecule has 0 aliphatic heterocycles. The van der Waals surface area contributed by atoms with E-state index in [4.69, 9.17) is 0 Å². The molecule has 1 aromatic heterocycles. The first kappa shape index (κ1) is 10.0. The molecule has 1 heterocycles. The third-order valence-electron chi connectivity index (χ3n) is 2.53. The molecule has 1 aromatic rings. The number of hydrogen-bond donors (Lipinski definition) is 1. The Morgan fingerprint density at radius 1 is 1.47 bits per heavy atom. The Kier molecular flexibility index (Phi) is 2.62. The molecule has 0 radical (unpaired) electrons. The number of nitrogens with zero attached hydrogens (tertiary/aromatic N) is 1. The summed E-state index contributed by atoms with van der Waals surface area (Å²) < 4.78 is 25.8. The van der Waals surface area contributed by atoms with Gasteiger partial charge in [0, 0.05) is 12.2 Å². The predicted octanol–water partition coefficient (Wildman–Crippen LogP) is 1.64. The van der Waals surface area contributed by atoms with E-state index in [0.717, 1.165) is 25.5 Å². The van der Waals surface area contributed by atoms with Gasteiger partial charge in [-0.2, -0.15) is 4.39 Å². The van der Waals surface area contributed by atoms with Crippen LogP contribution in [-0.4, -0.2) is 16.9 Å². The maximum Gasteiger partial charge on any atom is 0.254 e. The molecule has 0 unspecified atom stereocenters. The summed E-state index contributed by atoms with van der Waals surface area (Å²) >= 11 is 0. The SMILES string of the molecule is O=C(NC1CCC1)c1ccnc(F)c1F. The Hall–Kier alpha value is -1.52. The molecule has 0 spiro atoms. The monoisotopic (exact) mass is 212 g/mol. The summed E-state index contributed by atoms with van der Waals surface area (Å²) in [6.07, 6.45) is 3.95. The van der Waals surface area contributed by atoms with Gasteiger partial charge >= 0.3 is 0 Å². The van der Waals surface area contributed by atoms with Crippen LogP contribution in [0.15, 0.2) is 12.3 Å². The third kappa shape index (κ3) is 1.95. The summed E-state index contributed by atoms with van der Waals surface area (Å²) in [5.41, 5.74) is -0.283. The van der Waals surface area contributed by atoms with E-state index < -0.39 is 17.7 Å². The fourth-order valence-corrected chi connectivity index (χ4v) is 1.41. The van der Waals surface area contributed by atoms with E-state index in [-0.39, 0.29) is 11.6 Å². The zero-order chi connectivity index (χ0) is 10.8. The fourth-order valence-electron chi connectivity index (χ4n) is 1.41. The molecule has 80 valence electrons. The van der Waals surface area contributed by atoms with Crippen molar-refractivity contribution in [2.24, 2.45) is 0 Å². The van der Waals surface area contributed by atoms with Crippen LogP contribution < -0.4 is 5.32 Å². The third-order valence-corrected chi connectivity index (χ3v) is 2.53. The van der Waals surface area contributed by atoms with Gasteiger partial charge in [-0.1, -0.05) is 0 Å². The highest BCUT2D eigenvalue weighted by Crippen LogP contribution is 2.19. The highest BCUT2D eigenvalue weighted by Gasteiger charge is 2.22. The van der Waals surface area contributed by atoms with Crippen LogP contribution in [-0.2, 0) is 0 Å². The van der Waals surface area contributed by atoms with Crippen LogP contribution >= 0.6 is 0 Å². The molecule has 15 heavy (non-hydrogen) atoms. The lowest BCUT2D eigenvalue weighted by Crippen LogP contribution is -2.39. The molecule has 2 rings (SSSR count). The second-order valence-electron chi connectivity index (χ2n) is 3.56. The number of aromatic nitrogens is 1. The van der Waals surface area contributed by atoms with E-state index in [1.165, 1.54) is 6.07 Å². The smallest absolute Gasteiger partial charge is 0.254 e. The molecular weight excluding hydrogens is 202 g/mol. The van der Waals surface area contributed by atoms with E-state index >= 15 is 0 Å². The Balaban J connectivity index is 2.13. The van der Waals surface area contributed by atoms with Crippen molar-refractivity contribution in [2.45, 2.75) is 25.3 Å². The predicted molar refractivity (Wildman–Crippen MR) is 49.3 cm³/mol. The topological polar surface area (TPSA) is 42.0 Å². The molecule has 3 nitrogen and oxygen atoms in total. The van der Waals surface area contributed by atoms with Crippen LogP contribution in [0.25, 0.3) is 0 Å². The highest BCUT2D eigenvalue weighted by atomic mass is 19.2. The number of carbonyl (C=O) groups excluding carboxylic acids is 1. The van der Waals surface area contributed by atoms with Crippen LogP contribution in [0.4, 0.5) is 8.78 Å². The number of pyridine rings is 1. The van der Waals surface area contributed by atoms with Crippen molar-refractivity contribution in [3.05, 3.63) is 29.6 Å². The lowest BCUT2D eigenvalue weighted by molar-refractivity contribution is 0.0911. The summed E-state index contributed by atoms with van der Waals surface area (Å²) in [6, 6.07) is 1.28. The van der Waals surface area contributed by atoms with Gasteiger partial charge in [-0.15, -0.1) is 0 Å². The second-order valence-corrected chi connectivity index (χ2v) is 3.56. The van der Waals surface area contributed by atoms with Gasteiger partial charge in [0.1, 0.15) is 0 Å². The van der Waals surface area contributed by atoms with Crippen LogP contribution in [0.3, 0.4) is 0 Å². The summed E-state index contributed by atoms with van der Waals surface area (Å²) in [5.74, 6) is -3.00. The summed E-state index contributed by atoms with van der Waals surface area (Å²) in [6.45, 7) is 0. The molecule has 0 saturated heterocycles. The molecule has 0 atom stereocenters. The Labute approximate surface area is 85.5 Å². The maximum absolute atomic E-state index is 13.1. The summed E-state index contributed by atoms with van der Waals surface area (Å²) in [5, 5.41) is 2.63. The van der Waals surface area contributed by atoms with E-state index in [9.17, 15) is 13.6 Å². The highest BCUT2D eigenvalue weighted by molar-refractivity contribution is 5.94. The first-order valence-corrected chi connectivity index (χ1v) is 4.79. The number of carbonyl (C=O) groups is 1. The molecule has 1 N–H and O–H groups in total. The minimum atomic E-state index is -1.24. The van der Waals surface area contributed by atoms with E-state index in [1.807, 2.05) is 0 Å². The average Bonchev–Trinajstić information content (AvgIpc) is 2.15. The first-order valence-electron chi connectivity index (χ1n) is 4.79. The molecule has 1 fully saturated rings. The number of hydrogen-bond acceptors (Lipinski definition) is 2. The van der Waals surface area contributed by atoms with Gasteiger partial charge in [0.2, 0.25) is 5.95 Å². The zero-order valence-corrected chi connectivity index (χ0v) is 7.96. The van der Waals surface area contributed by atoms with Gasteiger partial charge in [0.25, 0.3) is 5.91 Å². The van der Waals surface area contributed by atoms with Gasteiger partial charge in [-0.25, -0.2) is 9.37 Å². The quantitative estimate of drug-likeness (QED) is 0.757. The molecule has 5 heteroatoms. The lowest BCUT2D eigenvalue weighted by Gasteiger charge is -2.26. The molecule has 1 saturated carbocycles. The van der Waals surface area contributed by atoms with Crippen molar-refractivity contribution in [2.75, 3.05) is 0 Å².